The fraction of sp³-hybridized carbons (Fsp3) is 0.667. The SMILES string of the molecule is CN1C2CCC1CC(C(O)c1cnccc1C(F)(F)F)C2. The predicted molar refractivity (Wildman–Crippen MR) is 71.5 cm³/mol. The van der Waals surface area contributed by atoms with Gasteiger partial charge in [-0.2, -0.15) is 13.2 Å². The third-order valence-electron chi connectivity index (χ3n) is 5.06. The van der Waals surface area contributed by atoms with Crippen molar-refractivity contribution in [3.8, 4) is 0 Å². The molecule has 116 valence electrons. The van der Waals surface area contributed by atoms with Crippen molar-refractivity contribution >= 4 is 0 Å². The minimum Gasteiger partial charge on any atom is -0.388 e. The molecule has 2 aliphatic heterocycles. The molecule has 1 N–H and O–H groups in total. The third-order valence-corrected chi connectivity index (χ3v) is 5.06. The number of hydrogen-bond acceptors (Lipinski definition) is 3. The molecule has 1 aromatic heterocycles. The average Bonchev–Trinajstić information content (AvgIpc) is 2.66. The molecule has 3 nitrogen and oxygen atoms in total. The number of piperidine rings is 1. The number of alkyl halides is 3. The molecule has 6 heteroatoms. The Bertz CT molecular complexity index is 506. The van der Waals surface area contributed by atoms with Crippen molar-refractivity contribution in [2.45, 2.75) is 50.0 Å². The summed E-state index contributed by atoms with van der Waals surface area (Å²) >= 11 is 0. The summed E-state index contributed by atoms with van der Waals surface area (Å²) in [6.45, 7) is 0. The number of hydrogen-bond donors (Lipinski definition) is 1. The molecular weight excluding hydrogens is 281 g/mol. The molecule has 21 heavy (non-hydrogen) atoms. The first kappa shape index (κ1) is 14.8. The summed E-state index contributed by atoms with van der Waals surface area (Å²) in [6.07, 6.45) is 0.384. The van der Waals surface area contributed by atoms with Crippen LogP contribution in [0.4, 0.5) is 13.2 Å². The third kappa shape index (κ3) is 2.66. The van der Waals surface area contributed by atoms with E-state index in [-0.39, 0.29) is 11.5 Å². The smallest absolute Gasteiger partial charge is 0.388 e. The highest BCUT2D eigenvalue weighted by atomic mass is 19.4. The Balaban J connectivity index is 1.85. The summed E-state index contributed by atoms with van der Waals surface area (Å²) in [4.78, 5) is 6.08. The van der Waals surface area contributed by atoms with E-state index in [0.717, 1.165) is 44.1 Å². The molecule has 2 saturated heterocycles. The van der Waals surface area contributed by atoms with Crippen molar-refractivity contribution in [1.29, 1.82) is 0 Å². The fourth-order valence-electron chi connectivity index (χ4n) is 3.87. The zero-order valence-corrected chi connectivity index (χ0v) is 11.8. The molecule has 2 fully saturated rings. The molecule has 0 aromatic carbocycles. The predicted octanol–water partition coefficient (Wildman–Crippen LogP) is 3.01. The largest absolute Gasteiger partial charge is 0.416 e. The maximum Gasteiger partial charge on any atom is 0.416 e. The van der Waals surface area contributed by atoms with Gasteiger partial charge < -0.3 is 10.0 Å². The highest BCUT2D eigenvalue weighted by Gasteiger charge is 2.43. The van der Waals surface area contributed by atoms with Crippen LogP contribution in [0.2, 0.25) is 0 Å². The van der Waals surface area contributed by atoms with Gasteiger partial charge in [0.1, 0.15) is 0 Å². The van der Waals surface area contributed by atoms with Crippen molar-refractivity contribution in [2.24, 2.45) is 5.92 Å². The average molecular weight is 300 g/mol. The second kappa shape index (κ2) is 5.25. The number of aliphatic hydroxyl groups excluding tert-OH is 1. The summed E-state index contributed by atoms with van der Waals surface area (Å²) in [6, 6.07) is 1.71. The lowest BCUT2D eigenvalue weighted by atomic mass is 9.83. The van der Waals surface area contributed by atoms with Gasteiger partial charge >= 0.3 is 6.18 Å². The lowest BCUT2D eigenvalue weighted by Crippen LogP contribution is -2.41. The Hall–Kier alpha value is -1.14. The Morgan fingerprint density at radius 3 is 2.48 bits per heavy atom. The quantitative estimate of drug-likeness (QED) is 0.912. The Morgan fingerprint density at radius 2 is 1.90 bits per heavy atom. The zero-order chi connectivity index (χ0) is 15.2. The van der Waals surface area contributed by atoms with Gasteiger partial charge in [-0.3, -0.25) is 4.98 Å². The van der Waals surface area contributed by atoms with Crippen molar-refractivity contribution in [2.75, 3.05) is 7.05 Å². The molecule has 0 amide bonds. The molecule has 0 saturated carbocycles. The maximum atomic E-state index is 13.1. The van der Waals surface area contributed by atoms with Crippen LogP contribution in [0.3, 0.4) is 0 Å². The van der Waals surface area contributed by atoms with Crippen molar-refractivity contribution in [1.82, 2.24) is 9.88 Å². The van der Waals surface area contributed by atoms with Crippen LogP contribution < -0.4 is 0 Å². The first-order valence-electron chi connectivity index (χ1n) is 7.29. The number of rotatable bonds is 2. The lowest BCUT2D eigenvalue weighted by molar-refractivity contribution is -0.139. The van der Waals surface area contributed by atoms with Gasteiger partial charge in [0.05, 0.1) is 11.7 Å². The molecule has 0 spiro atoms. The monoisotopic (exact) mass is 300 g/mol. The molecule has 3 unspecified atom stereocenters. The second-order valence-electron chi connectivity index (χ2n) is 6.19. The van der Waals surface area contributed by atoms with Crippen LogP contribution in [-0.2, 0) is 6.18 Å². The second-order valence-corrected chi connectivity index (χ2v) is 6.19. The van der Waals surface area contributed by atoms with Crippen LogP contribution in [0, 0.1) is 5.92 Å². The first-order chi connectivity index (χ1) is 9.88. The van der Waals surface area contributed by atoms with Gasteiger partial charge in [0.2, 0.25) is 0 Å². The van der Waals surface area contributed by atoms with Gasteiger partial charge in [-0.15, -0.1) is 0 Å². The van der Waals surface area contributed by atoms with Crippen LogP contribution in [0.25, 0.3) is 0 Å². The highest BCUT2D eigenvalue weighted by molar-refractivity contribution is 5.29. The summed E-state index contributed by atoms with van der Waals surface area (Å²) < 4.78 is 39.2. The van der Waals surface area contributed by atoms with Gasteiger partial charge in [-0.25, -0.2) is 0 Å². The van der Waals surface area contributed by atoms with E-state index in [2.05, 4.69) is 16.9 Å². The maximum absolute atomic E-state index is 13.1. The number of aromatic nitrogens is 1. The molecule has 2 bridgehead atoms. The molecule has 3 atom stereocenters. The Kier molecular flexibility index (Phi) is 3.69. The zero-order valence-electron chi connectivity index (χ0n) is 11.8. The van der Waals surface area contributed by atoms with Crippen LogP contribution in [-0.4, -0.2) is 34.1 Å². The summed E-state index contributed by atoms with van der Waals surface area (Å²) in [5, 5.41) is 10.5. The molecule has 3 rings (SSSR count). The van der Waals surface area contributed by atoms with Crippen LogP contribution >= 0.6 is 0 Å². The standard InChI is InChI=1S/C15H19F3N2O/c1-20-10-2-3-11(20)7-9(6-10)14(21)12-8-19-5-4-13(12)15(16,17)18/h4-5,8-11,14,21H,2-3,6-7H2,1H3. The van der Waals surface area contributed by atoms with Crippen LogP contribution in [0.15, 0.2) is 18.5 Å². The van der Waals surface area contributed by atoms with Gasteiger partial charge in [0.15, 0.2) is 0 Å². The molecule has 0 aliphatic carbocycles. The van der Waals surface area contributed by atoms with Crippen molar-refractivity contribution in [3.63, 3.8) is 0 Å². The van der Waals surface area contributed by atoms with Crippen molar-refractivity contribution in [3.05, 3.63) is 29.6 Å². The van der Waals surface area contributed by atoms with Crippen molar-refractivity contribution < 1.29 is 18.3 Å². The van der Waals surface area contributed by atoms with Crippen LogP contribution in [0.5, 0.6) is 0 Å². The van der Waals surface area contributed by atoms with Crippen LogP contribution in [0.1, 0.15) is 42.9 Å². The Morgan fingerprint density at radius 1 is 1.29 bits per heavy atom. The van der Waals surface area contributed by atoms with E-state index in [1.54, 1.807) is 0 Å². The first-order valence-corrected chi connectivity index (χ1v) is 7.29. The number of halogens is 3. The van der Waals surface area contributed by atoms with E-state index in [0.29, 0.717) is 12.1 Å². The fourth-order valence-corrected chi connectivity index (χ4v) is 3.87. The normalized spacial score (nSPS) is 31.4. The van der Waals surface area contributed by atoms with E-state index in [1.807, 2.05) is 0 Å². The summed E-state index contributed by atoms with van der Waals surface area (Å²) in [5.74, 6) is -0.121. The molecule has 3 heterocycles. The summed E-state index contributed by atoms with van der Waals surface area (Å²) in [7, 11) is 2.07. The number of fused-ring (bicyclic) bond motifs is 2. The molecule has 2 aliphatic rings. The van der Waals surface area contributed by atoms with E-state index in [4.69, 9.17) is 0 Å². The van der Waals surface area contributed by atoms with E-state index in [1.165, 1.54) is 0 Å². The number of aliphatic hydroxyl groups is 1. The molecule has 0 radical (unpaired) electrons. The molecule has 1 aromatic rings. The lowest BCUT2D eigenvalue weighted by Gasteiger charge is -2.38. The van der Waals surface area contributed by atoms with Gasteiger partial charge in [-0.05, 0) is 44.7 Å². The minimum atomic E-state index is -4.45. The van der Waals surface area contributed by atoms with Gasteiger partial charge in [-0.1, -0.05) is 0 Å². The van der Waals surface area contributed by atoms with E-state index < -0.39 is 17.8 Å². The number of nitrogens with zero attached hydrogens (tertiary/aromatic N) is 2. The van der Waals surface area contributed by atoms with E-state index in [9.17, 15) is 18.3 Å². The number of pyridine rings is 1. The van der Waals surface area contributed by atoms with E-state index >= 15 is 0 Å². The Labute approximate surface area is 121 Å². The minimum absolute atomic E-state index is 0.0843. The topological polar surface area (TPSA) is 36.4 Å². The summed E-state index contributed by atoms with van der Waals surface area (Å²) in [5.41, 5.74) is -0.852. The molecular formula is C15H19F3N2O. The highest BCUT2D eigenvalue weighted by Crippen LogP contribution is 2.44. The van der Waals surface area contributed by atoms with Gasteiger partial charge in [0, 0.05) is 30.0 Å². The van der Waals surface area contributed by atoms with Gasteiger partial charge in [0.25, 0.3) is 0 Å².